The van der Waals surface area contributed by atoms with Crippen LogP contribution in [-0.4, -0.2) is 45.6 Å². The van der Waals surface area contributed by atoms with Crippen molar-refractivity contribution in [1.82, 2.24) is 20.0 Å². The van der Waals surface area contributed by atoms with Crippen molar-refractivity contribution in [1.29, 1.82) is 0 Å². The predicted molar refractivity (Wildman–Crippen MR) is 75.2 cm³/mol. The van der Waals surface area contributed by atoms with Crippen molar-refractivity contribution in [2.75, 3.05) is 13.1 Å². The molecule has 1 aliphatic rings. The molecule has 1 saturated heterocycles. The first kappa shape index (κ1) is 14.6. The lowest BCUT2D eigenvalue weighted by molar-refractivity contribution is -0.119. The van der Waals surface area contributed by atoms with Gasteiger partial charge in [0.1, 0.15) is 0 Å². The summed E-state index contributed by atoms with van der Waals surface area (Å²) < 4.78 is 1.64. The van der Waals surface area contributed by atoms with Crippen LogP contribution in [0.1, 0.15) is 43.0 Å². The summed E-state index contributed by atoms with van der Waals surface area (Å²) in [6.07, 6.45) is 7.37. The minimum atomic E-state index is -0.0223. The van der Waals surface area contributed by atoms with E-state index in [1.165, 1.54) is 6.92 Å². The van der Waals surface area contributed by atoms with Gasteiger partial charge in [-0.3, -0.25) is 14.3 Å². The van der Waals surface area contributed by atoms with Gasteiger partial charge < -0.3 is 10.2 Å². The molecule has 1 aliphatic heterocycles. The lowest BCUT2D eigenvalue weighted by Crippen LogP contribution is -2.45. The van der Waals surface area contributed by atoms with E-state index in [9.17, 15) is 9.59 Å². The highest BCUT2D eigenvalue weighted by Gasteiger charge is 2.27. The van der Waals surface area contributed by atoms with Crippen LogP contribution in [0.15, 0.2) is 12.4 Å². The zero-order valence-electron chi connectivity index (χ0n) is 12.1. The van der Waals surface area contributed by atoms with Crippen molar-refractivity contribution >= 4 is 11.8 Å². The van der Waals surface area contributed by atoms with Crippen LogP contribution in [0, 0.1) is 0 Å². The molecular formula is C14H22N4O2. The van der Waals surface area contributed by atoms with Gasteiger partial charge in [-0.25, -0.2) is 0 Å². The van der Waals surface area contributed by atoms with Gasteiger partial charge in [0, 0.05) is 39.3 Å². The Hall–Kier alpha value is -1.85. The second-order valence-electron chi connectivity index (χ2n) is 5.32. The van der Waals surface area contributed by atoms with Crippen LogP contribution < -0.4 is 5.32 Å². The number of nitrogens with zero attached hydrogens (tertiary/aromatic N) is 3. The van der Waals surface area contributed by atoms with Crippen LogP contribution in [0.5, 0.6) is 0 Å². The van der Waals surface area contributed by atoms with E-state index < -0.39 is 0 Å². The fourth-order valence-electron chi connectivity index (χ4n) is 2.68. The van der Waals surface area contributed by atoms with Gasteiger partial charge in [-0.2, -0.15) is 5.10 Å². The molecule has 0 unspecified atom stereocenters. The number of carbonyl (C=O) groups is 2. The Bertz CT molecular complexity index is 483. The third kappa shape index (κ3) is 3.59. The third-order valence-electron chi connectivity index (χ3n) is 3.69. The number of piperidine rings is 1. The van der Waals surface area contributed by atoms with Gasteiger partial charge in [0.05, 0.1) is 11.8 Å². The van der Waals surface area contributed by atoms with E-state index in [0.29, 0.717) is 12.1 Å². The highest BCUT2D eigenvalue weighted by atomic mass is 16.2. The summed E-state index contributed by atoms with van der Waals surface area (Å²) in [6, 6.07) is 0.211. The summed E-state index contributed by atoms with van der Waals surface area (Å²) in [4.78, 5) is 25.4. The van der Waals surface area contributed by atoms with Crippen molar-refractivity contribution in [2.45, 2.75) is 38.6 Å². The smallest absolute Gasteiger partial charge is 0.257 e. The lowest BCUT2D eigenvalue weighted by Gasteiger charge is -2.35. The van der Waals surface area contributed by atoms with Gasteiger partial charge in [-0.1, -0.05) is 0 Å². The fraction of sp³-hybridized carbons (Fsp3) is 0.643. The standard InChI is InChI=1S/C14H22N4O2/c1-11(19)15-7-6-13-5-3-4-8-18(13)14(20)12-9-16-17(2)10-12/h9-10,13H,3-8H2,1-2H3,(H,15,19)/t13-/m1/s1. The summed E-state index contributed by atoms with van der Waals surface area (Å²) in [5.74, 6) is 0.0246. The molecule has 0 bridgehead atoms. The quantitative estimate of drug-likeness (QED) is 0.891. The topological polar surface area (TPSA) is 67.2 Å². The minimum absolute atomic E-state index is 0.0223. The van der Waals surface area contributed by atoms with Gasteiger partial charge in [-0.05, 0) is 25.7 Å². The van der Waals surface area contributed by atoms with Gasteiger partial charge in [0.2, 0.25) is 5.91 Å². The SMILES string of the molecule is CC(=O)NCC[C@H]1CCCCN1C(=O)c1cnn(C)c1. The number of hydrogen-bond donors (Lipinski definition) is 1. The maximum atomic E-state index is 12.5. The van der Waals surface area contributed by atoms with Crippen molar-refractivity contribution in [3.05, 3.63) is 18.0 Å². The van der Waals surface area contributed by atoms with Crippen molar-refractivity contribution in [2.24, 2.45) is 7.05 Å². The van der Waals surface area contributed by atoms with E-state index >= 15 is 0 Å². The van der Waals surface area contributed by atoms with Crippen molar-refractivity contribution in [3.8, 4) is 0 Å². The van der Waals surface area contributed by atoms with E-state index in [4.69, 9.17) is 0 Å². The number of carbonyl (C=O) groups excluding carboxylic acids is 2. The molecule has 1 fully saturated rings. The molecule has 20 heavy (non-hydrogen) atoms. The van der Waals surface area contributed by atoms with Crippen molar-refractivity contribution < 1.29 is 9.59 Å². The number of aromatic nitrogens is 2. The monoisotopic (exact) mass is 278 g/mol. The van der Waals surface area contributed by atoms with Crippen LogP contribution in [0.25, 0.3) is 0 Å². The molecule has 6 nitrogen and oxygen atoms in total. The van der Waals surface area contributed by atoms with Crippen molar-refractivity contribution in [3.63, 3.8) is 0 Å². The first-order valence-corrected chi connectivity index (χ1v) is 7.12. The third-order valence-corrected chi connectivity index (χ3v) is 3.69. The van der Waals surface area contributed by atoms with Crippen LogP contribution in [0.2, 0.25) is 0 Å². The van der Waals surface area contributed by atoms with Gasteiger partial charge in [0.25, 0.3) is 5.91 Å². The first-order valence-electron chi connectivity index (χ1n) is 7.12. The van der Waals surface area contributed by atoms with E-state index in [1.54, 1.807) is 24.1 Å². The fourth-order valence-corrected chi connectivity index (χ4v) is 2.68. The summed E-state index contributed by atoms with van der Waals surface area (Å²) in [7, 11) is 1.81. The summed E-state index contributed by atoms with van der Waals surface area (Å²) in [5, 5.41) is 6.86. The van der Waals surface area contributed by atoms with Crippen LogP contribution in [-0.2, 0) is 11.8 Å². The maximum absolute atomic E-state index is 12.5. The van der Waals surface area contributed by atoms with E-state index in [1.807, 2.05) is 4.90 Å². The number of nitrogens with one attached hydrogen (secondary N) is 1. The van der Waals surface area contributed by atoms with Gasteiger partial charge in [0.15, 0.2) is 0 Å². The summed E-state index contributed by atoms with van der Waals surface area (Å²) in [6.45, 7) is 2.93. The number of likely N-dealkylation sites (tertiary alicyclic amines) is 1. The Morgan fingerprint density at radius 3 is 2.90 bits per heavy atom. The predicted octanol–water partition coefficient (Wildman–Crippen LogP) is 0.941. The average molecular weight is 278 g/mol. The number of amides is 2. The van der Waals surface area contributed by atoms with Gasteiger partial charge >= 0.3 is 0 Å². The lowest BCUT2D eigenvalue weighted by atomic mass is 9.98. The molecule has 6 heteroatoms. The summed E-state index contributed by atoms with van der Waals surface area (Å²) in [5.41, 5.74) is 0.638. The molecule has 0 aliphatic carbocycles. The van der Waals surface area contributed by atoms with Gasteiger partial charge in [-0.15, -0.1) is 0 Å². The molecule has 1 N–H and O–H groups in total. The zero-order chi connectivity index (χ0) is 14.5. The molecule has 2 heterocycles. The molecule has 0 radical (unpaired) electrons. The normalized spacial score (nSPS) is 18.9. The Balaban J connectivity index is 1.99. The molecule has 2 rings (SSSR count). The van der Waals surface area contributed by atoms with E-state index in [0.717, 1.165) is 32.2 Å². The minimum Gasteiger partial charge on any atom is -0.356 e. The number of rotatable bonds is 4. The largest absolute Gasteiger partial charge is 0.356 e. The second-order valence-corrected chi connectivity index (χ2v) is 5.32. The second kappa shape index (κ2) is 6.54. The molecule has 0 spiro atoms. The zero-order valence-corrected chi connectivity index (χ0v) is 12.1. The molecular weight excluding hydrogens is 256 g/mol. The van der Waals surface area contributed by atoms with Crippen LogP contribution in [0.4, 0.5) is 0 Å². The molecule has 2 amide bonds. The summed E-state index contributed by atoms with van der Waals surface area (Å²) >= 11 is 0. The molecule has 110 valence electrons. The van der Waals surface area contributed by atoms with E-state index in [2.05, 4.69) is 10.4 Å². The van der Waals surface area contributed by atoms with Crippen LogP contribution >= 0.6 is 0 Å². The highest BCUT2D eigenvalue weighted by molar-refractivity contribution is 5.94. The average Bonchev–Trinajstić information content (AvgIpc) is 2.85. The Morgan fingerprint density at radius 1 is 1.45 bits per heavy atom. The molecule has 0 saturated carbocycles. The molecule has 1 aromatic heterocycles. The molecule has 1 aromatic rings. The number of hydrogen-bond acceptors (Lipinski definition) is 3. The van der Waals surface area contributed by atoms with E-state index in [-0.39, 0.29) is 17.9 Å². The molecule has 0 aromatic carbocycles. The maximum Gasteiger partial charge on any atom is 0.257 e. The Labute approximate surface area is 119 Å². The Kier molecular flexibility index (Phi) is 4.76. The number of aryl methyl sites for hydroxylation is 1. The Morgan fingerprint density at radius 2 is 2.25 bits per heavy atom. The first-order chi connectivity index (χ1) is 9.58. The molecule has 1 atom stereocenters. The highest BCUT2D eigenvalue weighted by Crippen LogP contribution is 2.21. The van der Waals surface area contributed by atoms with Crippen LogP contribution in [0.3, 0.4) is 0 Å².